The van der Waals surface area contributed by atoms with Crippen molar-refractivity contribution in [2.75, 3.05) is 45.8 Å². The Morgan fingerprint density at radius 3 is 2.48 bits per heavy atom. The summed E-state index contributed by atoms with van der Waals surface area (Å²) in [5, 5.41) is 3.30. The molecule has 0 aliphatic carbocycles. The van der Waals surface area contributed by atoms with E-state index in [1.165, 1.54) is 25.8 Å². The van der Waals surface area contributed by atoms with Crippen LogP contribution >= 0.6 is 0 Å². The number of piperazine rings is 1. The molecule has 0 aromatic carbocycles. The summed E-state index contributed by atoms with van der Waals surface area (Å²) in [5.41, 5.74) is 0.423. The maximum Gasteiger partial charge on any atom is 0.223 e. The number of amides is 1. The largest absolute Gasteiger partial charge is 0.340 e. The number of nitrogens with one attached hydrogen (secondary N) is 1. The fourth-order valence-electron chi connectivity index (χ4n) is 3.57. The van der Waals surface area contributed by atoms with Crippen molar-refractivity contribution in [2.45, 2.75) is 46.5 Å². The van der Waals surface area contributed by atoms with Crippen LogP contribution in [0.15, 0.2) is 0 Å². The van der Waals surface area contributed by atoms with Gasteiger partial charge in [-0.25, -0.2) is 0 Å². The van der Waals surface area contributed by atoms with Crippen LogP contribution in [-0.4, -0.2) is 61.5 Å². The molecular formula is C17H33N3O. The molecule has 0 aromatic rings. The minimum Gasteiger partial charge on any atom is -0.340 e. The molecule has 0 saturated carbocycles. The van der Waals surface area contributed by atoms with Crippen molar-refractivity contribution >= 4 is 5.91 Å². The number of hydrogen-bond donors (Lipinski definition) is 1. The fourth-order valence-corrected chi connectivity index (χ4v) is 3.57. The van der Waals surface area contributed by atoms with Gasteiger partial charge in [-0.15, -0.1) is 0 Å². The number of rotatable bonds is 3. The number of hydrogen-bond acceptors (Lipinski definition) is 3. The zero-order valence-corrected chi connectivity index (χ0v) is 14.2. The van der Waals surface area contributed by atoms with Gasteiger partial charge in [0, 0.05) is 39.1 Å². The molecule has 21 heavy (non-hydrogen) atoms. The first-order chi connectivity index (χ1) is 9.97. The van der Waals surface area contributed by atoms with Crippen LogP contribution in [0.4, 0.5) is 0 Å². The SMILES string of the molecule is CC(C)(C)C1CCCN(CCC(=O)N2CCNCC2)CC1. The molecule has 1 unspecified atom stereocenters. The van der Waals surface area contributed by atoms with E-state index in [4.69, 9.17) is 0 Å². The van der Waals surface area contributed by atoms with Crippen LogP contribution in [0.1, 0.15) is 46.5 Å². The summed E-state index contributed by atoms with van der Waals surface area (Å²) in [6.45, 7) is 14.0. The predicted molar refractivity (Wildman–Crippen MR) is 87.3 cm³/mol. The van der Waals surface area contributed by atoms with Crippen LogP contribution in [-0.2, 0) is 4.79 Å². The van der Waals surface area contributed by atoms with E-state index in [-0.39, 0.29) is 0 Å². The maximum absolute atomic E-state index is 12.2. The summed E-state index contributed by atoms with van der Waals surface area (Å²) >= 11 is 0. The minimum absolute atomic E-state index is 0.341. The van der Waals surface area contributed by atoms with Crippen molar-refractivity contribution in [3.63, 3.8) is 0 Å². The molecular weight excluding hydrogens is 262 g/mol. The first-order valence-corrected chi connectivity index (χ1v) is 8.67. The summed E-state index contributed by atoms with van der Waals surface area (Å²) in [4.78, 5) is 16.7. The Labute approximate surface area is 130 Å². The molecule has 2 fully saturated rings. The number of carbonyl (C=O) groups excluding carboxylic acids is 1. The van der Waals surface area contributed by atoms with Gasteiger partial charge in [-0.05, 0) is 43.7 Å². The van der Waals surface area contributed by atoms with Crippen molar-refractivity contribution in [1.29, 1.82) is 0 Å². The molecule has 2 aliphatic rings. The first-order valence-electron chi connectivity index (χ1n) is 8.67. The fraction of sp³-hybridized carbons (Fsp3) is 0.941. The van der Waals surface area contributed by atoms with Crippen LogP contribution in [0.5, 0.6) is 0 Å². The van der Waals surface area contributed by atoms with Gasteiger partial charge in [-0.3, -0.25) is 4.79 Å². The maximum atomic E-state index is 12.2. The summed E-state index contributed by atoms with van der Waals surface area (Å²) in [5.74, 6) is 1.17. The van der Waals surface area contributed by atoms with Gasteiger partial charge in [-0.1, -0.05) is 20.8 Å². The van der Waals surface area contributed by atoms with Gasteiger partial charge < -0.3 is 15.1 Å². The molecule has 2 aliphatic heterocycles. The molecule has 4 nitrogen and oxygen atoms in total. The third kappa shape index (κ3) is 5.26. The molecule has 122 valence electrons. The van der Waals surface area contributed by atoms with Crippen molar-refractivity contribution in [1.82, 2.24) is 15.1 Å². The Bertz CT molecular complexity index is 331. The standard InChI is InChI=1S/C17H33N3O/c1-17(2,3)15-5-4-10-19(11-6-15)12-7-16(21)20-13-8-18-9-14-20/h15,18H,4-14H2,1-3H3. The average Bonchev–Trinajstić information content (AvgIpc) is 2.71. The number of nitrogens with zero attached hydrogens (tertiary/aromatic N) is 2. The second kappa shape index (κ2) is 7.59. The second-order valence-corrected chi connectivity index (χ2v) is 7.72. The molecule has 4 heteroatoms. The monoisotopic (exact) mass is 295 g/mol. The van der Waals surface area contributed by atoms with Crippen LogP contribution in [0.2, 0.25) is 0 Å². The summed E-state index contributed by atoms with van der Waals surface area (Å²) in [7, 11) is 0. The molecule has 0 radical (unpaired) electrons. The zero-order chi connectivity index (χ0) is 15.3. The van der Waals surface area contributed by atoms with Gasteiger partial charge in [0.1, 0.15) is 0 Å². The molecule has 2 heterocycles. The van der Waals surface area contributed by atoms with E-state index in [1.807, 2.05) is 4.90 Å². The van der Waals surface area contributed by atoms with Crippen LogP contribution in [0.3, 0.4) is 0 Å². The summed E-state index contributed by atoms with van der Waals surface area (Å²) in [6.07, 6.45) is 4.60. The van der Waals surface area contributed by atoms with E-state index < -0.39 is 0 Å². The van der Waals surface area contributed by atoms with Gasteiger partial charge in [0.25, 0.3) is 0 Å². The van der Waals surface area contributed by atoms with Gasteiger partial charge >= 0.3 is 0 Å². The Hall–Kier alpha value is -0.610. The van der Waals surface area contributed by atoms with Crippen LogP contribution in [0, 0.1) is 11.3 Å². The first kappa shape index (κ1) is 16.8. The lowest BCUT2D eigenvalue weighted by Crippen LogP contribution is -2.47. The van der Waals surface area contributed by atoms with Gasteiger partial charge in [0.05, 0.1) is 0 Å². The Kier molecular flexibility index (Phi) is 6.06. The lowest BCUT2D eigenvalue weighted by Gasteiger charge is -2.30. The highest BCUT2D eigenvalue weighted by Gasteiger charge is 2.27. The van der Waals surface area contributed by atoms with E-state index >= 15 is 0 Å². The molecule has 1 atom stereocenters. The molecule has 0 aromatic heterocycles. The highest BCUT2D eigenvalue weighted by molar-refractivity contribution is 5.76. The molecule has 1 amide bonds. The molecule has 2 rings (SSSR count). The third-order valence-electron chi connectivity index (χ3n) is 5.16. The number of carbonyl (C=O) groups is 1. The Balaban J connectivity index is 1.72. The van der Waals surface area contributed by atoms with E-state index in [9.17, 15) is 4.79 Å². The lowest BCUT2D eigenvalue weighted by atomic mass is 9.77. The molecule has 1 N–H and O–H groups in total. The minimum atomic E-state index is 0.341. The lowest BCUT2D eigenvalue weighted by molar-refractivity contribution is -0.132. The smallest absolute Gasteiger partial charge is 0.223 e. The quantitative estimate of drug-likeness (QED) is 0.864. The summed E-state index contributed by atoms with van der Waals surface area (Å²) in [6, 6.07) is 0. The van der Waals surface area contributed by atoms with Gasteiger partial charge in [0.2, 0.25) is 5.91 Å². The molecule has 0 spiro atoms. The predicted octanol–water partition coefficient (Wildman–Crippen LogP) is 1.96. The second-order valence-electron chi connectivity index (χ2n) is 7.72. The van der Waals surface area contributed by atoms with Gasteiger partial charge in [-0.2, -0.15) is 0 Å². The molecule has 2 saturated heterocycles. The molecule has 0 bridgehead atoms. The highest BCUT2D eigenvalue weighted by atomic mass is 16.2. The normalized spacial score (nSPS) is 25.7. The number of likely N-dealkylation sites (tertiary alicyclic amines) is 1. The van der Waals surface area contributed by atoms with E-state index in [0.29, 0.717) is 17.7 Å². The Morgan fingerprint density at radius 2 is 1.81 bits per heavy atom. The van der Waals surface area contributed by atoms with E-state index in [2.05, 4.69) is 31.0 Å². The van der Waals surface area contributed by atoms with Crippen LogP contribution in [0.25, 0.3) is 0 Å². The average molecular weight is 295 g/mol. The Morgan fingerprint density at radius 1 is 1.10 bits per heavy atom. The highest BCUT2D eigenvalue weighted by Crippen LogP contribution is 2.34. The van der Waals surface area contributed by atoms with Crippen LogP contribution < -0.4 is 5.32 Å². The van der Waals surface area contributed by atoms with Crippen molar-refractivity contribution in [2.24, 2.45) is 11.3 Å². The topological polar surface area (TPSA) is 35.6 Å². The zero-order valence-electron chi connectivity index (χ0n) is 14.2. The van der Waals surface area contributed by atoms with Gasteiger partial charge in [0.15, 0.2) is 0 Å². The summed E-state index contributed by atoms with van der Waals surface area (Å²) < 4.78 is 0. The van der Waals surface area contributed by atoms with Crippen molar-refractivity contribution < 1.29 is 4.79 Å². The van der Waals surface area contributed by atoms with E-state index in [1.54, 1.807) is 0 Å². The third-order valence-corrected chi connectivity index (χ3v) is 5.16. The van der Waals surface area contributed by atoms with Crippen molar-refractivity contribution in [3.8, 4) is 0 Å². The van der Waals surface area contributed by atoms with Crippen molar-refractivity contribution in [3.05, 3.63) is 0 Å². The van der Waals surface area contributed by atoms with E-state index in [0.717, 1.165) is 45.2 Å².